The molecule has 0 saturated carbocycles. The number of nitrogens with zero attached hydrogens (tertiary/aromatic N) is 3. The number of benzene rings is 7. The molecule has 2 unspecified atom stereocenters. The number of pyridine rings is 1. The molecule has 5 heterocycles. The highest BCUT2D eigenvalue weighted by Crippen LogP contribution is 2.68. The van der Waals surface area contributed by atoms with E-state index in [1.54, 1.807) is 0 Å². The minimum absolute atomic E-state index is 0.126. The molecule has 0 saturated heterocycles. The Bertz CT molecular complexity index is 3300. The summed E-state index contributed by atoms with van der Waals surface area (Å²) in [6.45, 7) is 20.1. The molecule has 4 nitrogen and oxygen atoms in total. The summed E-state index contributed by atoms with van der Waals surface area (Å²) in [5.41, 5.74) is 21.6. The Hall–Kier alpha value is -6.91. The summed E-state index contributed by atoms with van der Waals surface area (Å²) in [6, 6.07) is 58.4. The number of hydrogen-bond acceptors (Lipinski definition) is 3. The first kappa shape index (κ1) is 38.5. The lowest BCUT2D eigenvalue weighted by Crippen LogP contribution is -2.71. The van der Waals surface area contributed by atoms with Crippen molar-refractivity contribution in [2.75, 3.05) is 9.80 Å². The van der Waals surface area contributed by atoms with Crippen molar-refractivity contribution in [1.82, 2.24) is 0 Å². The fourth-order valence-corrected chi connectivity index (χ4v) is 11.0. The van der Waals surface area contributed by atoms with Gasteiger partial charge in [-0.05, 0) is 99.0 Å². The molecule has 320 valence electrons. The van der Waals surface area contributed by atoms with Crippen molar-refractivity contribution < 1.29 is 10.7 Å². The molecule has 7 aromatic carbocycles. The lowest BCUT2D eigenvalue weighted by Gasteiger charge is -2.49. The summed E-state index contributed by atoms with van der Waals surface area (Å²) in [5.74, 6) is -0.937. The average Bonchev–Trinajstić information content (AvgIpc) is 3.79. The molecule has 1 spiro atoms. The lowest BCUT2D eigenvalue weighted by atomic mass is 9.77. The van der Waals surface area contributed by atoms with E-state index >= 15 is 0 Å². The van der Waals surface area contributed by atoms with Crippen LogP contribution in [0.4, 0.5) is 17.1 Å². The van der Waals surface area contributed by atoms with Crippen molar-refractivity contribution in [2.24, 2.45) is 0 Å². The molecule has 2 atom stereocenters. The quantitative estimate of drug-likeness (QED) is 0.161. The number of rotatable bonds is 5. The Labute approximate surface area is 385 Å². The first-order valence-electron chi connectivity index (χ1n) is 23.7. The van der Waals surface area contributed by atoms with E-state index in [9.17, 15) is 1.37 Å². The summed E-state index contributed by atoms with van der Waals surface area (Å²) in [4.78, 5) is 5.23. The van der Waals surface area contributed by atoms with Crippen LogP contribution < -0.4 is 19.1 Å². The zero-order valence-corrected chi connectivity index (χ0v) is 38.9. The Balaban J connectivity index is 1.24. The van der Waals surface area contributed by atoms with E-state index in [-0.39, 0.29) is 17.0 Å². The number of para-hydroxylation sites is 1. The number of aryl methyl sites for hydroxylation is 1. The maximum absolute atomic E-state index is 9.22. The first-order chi connectivity index (χ1) is 31.5. The summed E-state index contributed by atoms with van der Waals surface area (Å²) < 4.78 is 19.8. The van der Waals surface area contributed by atoms with Crippen LogP contribution >= 0.6 is 0 Å². The zero-order chi connectivity index (χ0) is 45.7. The molecule has 1 aromatic heterocycles. The molecule has 4 heteroatoms. The van der Waals surface area contributed by atoms with Gasteiger partial charge in [-0.2, -0.15) is 0 Å². The van der Waals surface area contributed by atoms with Gasteiger partial charge in [0.1, 0.15) is 17.5 Å². The van der Waals surface area contributed by atoms with Gasteiger partial charge in [-0.25, -0.2) is 4.90 Å². The topological polar surface area (TPSA) is 19.6 Å². The maximum atomic E-state index is 9.22. The van der Waals surface area contributed by atoms with E-state index in [4.69, 9.17) is 4.74 Å². The molecule has 4 aliphatic heterocycles. The van der Waals surface area contributed by atoms with Crippen molar-refractivity contribution in [3.63, 3.8) is 0 Å². The van der Waals surface area contributed by atoms with Gasteiger partial charge in [-0.15, -0.1) is 4.57 Å². The van der Waals surface area contributed by atoms with Gasteiger partial charge in [0.25, 0.3) is 0 Å². The molecule has 0 N–H and O–H groups in total. The van der Waals surface area contributed by atoms with E-state index in [1.807, 2.05) is 13.8 Å². The van der Waals surface area contributed by atoms with Crippen LogP contribution in [0, 0.1) is 6.92 Å². The van der Waals surface area contributed by atoms with E-state index < -0.39 is 11.7 Å². The number of aromatic nitrogens is 1. The van der Waals surface area contributed by atoms with Gasteiger partial charge in [0, 0.05) is 41.3 Å². The summed E-state index contributed by atoms with van der Waals surface area (Å²) >= 11 is 0. The smallest absolute Gasteiger partial charge is 0.410 e. The predicted octanol–water partition coefficient (Wildman–Crippen LogP) is 15.4. The molecule has 4 aliphatic rings. The van der Waals surface area contributed by atoms with Gasteiger partial charge in [-0.3, -0.25) is 0 Å². The van der Waals surface area contributed by atoms with Crippen LogP contribution in [0.1, 0.15) is 102 Å². The standard InChI is InChI=1S/C61H56N3O/c1-37(2)42-27-28-52(47(31-42)41-19-14-11-15-20-41)63-53-22-16-21-46-48-32-44(39-17-12-10-13-18-39)33-49-54-34-43(40-25-23-38(3)24-26-40)29-30-62(54)61(55(48)49)64(56(46)53)58(63)50-35-45(59(4,5)6)36-51(57(50)65-61)60(7,8)9/h10-37,58H,1-9H3/q+1/i37D. The molecule has 0 aliphatic carbocycles. The van der Waals surface area contributed by atoms with Crippen molar-refractivity contribution in [3.8, 4) is 61.5 Å². The van der Waals surface area contributed by atoms with Gasteiger partial charge in [0.15, 0.2) is 6.20 Å². The first-order valence-corrected chi connectivity index (χ1v) is 23.2. The number of hydrogen-bond donors (Lipinski definition) is 0. The van der Waals surface area contributed by atoms with Gasteiger partial charge in [0.05, 0.1) is 22.6 Å². The van der Waals surface area contributed by atoms with Crippen LogP contribution in [0.25, 0.3) is 55.8 Å². The number of anilines is 3. The minimum atomic E-state index is -1.09. The molecule has 8 aromatic rings. The lowest BCUT2D eigenvalue weighted by molar-refractivity contribution is -0.774. The van der Waals surface area contributed by atoms with Crippen molar-refractivity contribution in [1.29, 1.82) is 0 Å². The minimum Gasteiger partial charge on any atom is -0.410 e. The third-order valence-corrected chi connectivity index (χ3v) is 14.4. The Morgan fingerprint density at radius 1 is 0.600 bits per heavy atom. The van der Waals surface area contributed by atoms with E-state index in [1.165, 1.54) is 61.2 Å². The summed E-state index contributed by atoms with van der Waals surface area (Å²) in [6.07, 6.45) is 1.98. The molecule has 0 radical (unpaired) electrons. The van der Waals surface area contributed by atoms with Gasteiger partial charge in [0.2, 0.25) is 5.69 Å². The second kappa shape index (κ2) is 13.8. The highest BCUT2D eigenvalue weighted by molar-refractivity contribution is 6.03. The second-order valence-corrected chi connectivity index (χ2v) is 20.9. The van der Waals surface area contributed by atoms with Crippen LogP contribution in [0.3, 0.4) is 0 Å². The number of ether oxygens (including phenoxy) is 1. The van der Waals surface area contributed by atoms with E-state index in [0.717, 1.165) is 50.8 Å². The zero-order valence-electron chi connectivity index (χ0n) is 39.9. The second-order valence-electron chi connectivity index (χ2n) is 20.9. The molecule has 65 heavy (non-hydrogen) atoms. The van der Waals surface area contributed by atoms with Gasteiger partial charge < -0.3 is 9.64 Å². The fraction of sp³-hybridized carbons (Fsp3) is 0.230. The molecule has 0 amide bonds. The SMILES string of the molecule is [2H]C(C)(C)c1ccc(N2c3cccc4c3N3C2c2cc(C(C)(C)C)cc(C(C)(C)C)c2OC32c3c-4cc(-c4ccccc4)cc3-c3cc(-c4ccc(C)cc4)cc[n+]32)c(-c2ccccc2)c1. The van der Waals surface area contributed by atoms with Crippen molar-refractivity contribution in [2.45, 2.75) is 91.1 Å². The third kappa shape index (κ3) is 5.72. The van der Waals surface area contributed by atoms with Crippen LogP contribution in [0.2, 0.25) is 0 Å². The Morgan fingerprint density at radius 2 is 1.29 bits per heavy atom. The summed E-state index contributed by atoms with van der Waals surface area (Å²) in [5, 5.41) is 0. The van der Waals surface area contributed by atoms with E-state index in [2.05, 4.69) is 227 Å². The monoisotopic (exact) mass is 847 g/mol. The normalized spacial score (nSPS) is 17.8. The molecule has 12 rings (SSSR count). The number of fused-ring (bicyclic) bond motifs is 5. The maximum Gasteiger partial charge on any atom is 0.432 e. The van der Waals surface area contributed by atoms with Crippen LogP contribution in [0.15, 0.2) is 164 Å². The van der Waals surface area contributed by atoms with Gasteiger partial charge in [-0.1, -0.05) is 170 Å². The molecule has 0 fully saturated rings. The van der Waals surface area contributed by atoms with Crippen molar-refractivity contribution in [3.05, 3.63) is 197 Å². The molecular weight excluding hydrogens is 791 g/mol. The highest BCUT2D eigenvalue weighted by atomic mass is 16.5. The highest BCUT2D eigenvalue weighted by Gasteiger charge is 2.70. The van der Waals surface area contributed by atoms with Crippen LogP contribution in [-0.4, -0.2) is 0 Å². The van der Waals surface area contributed by atoms with Crippen LogP contribution in [-0.2, 0) is 16.7 Å². The van der Waals surface area contributed by atoms with Gasteiger partial charge >= 0.3 is 5.85 Å². The summed E-state index contributed by atoms with van der Waals surface area (Å²) in [7, 11) is 0. The van der Waals surface area contributed by atoms with Crippen LogP contribution in [0.5, 0.6) is 5.75 Å². The van der Waals surface area contributed by atoms with Crippen molar-refractivity contribution >= 4 is 17.1 Å². The Morgan fingerprint density at radius 3 is 1.98 bits per heavy atom. The third-order valence-electron chi connectivity index (χ3n) is 14.4. The predicted molar refractivity (Wildman–Crippen MR) is 268 cm³/mol. The largest absolute Gasteiger partial charge is 0.432 e. The fourth-order valence-electron chi connectivity index (χ4n) is 11.0. The molecular formula is C61H56N3O+. The average molecular weight is 848 g/mol. The van der Waals surface area contributed by atoms with E-state index in [0.29, 0.717) is 0 Å². The Kier molecular flexibility index (Phi) is 8.18. The molecule has 0 bridgehead atoms.